The van der Waals surface area contributed by atoms with Gasteiger partial charge in [0.05, 0.1) is 16.4 Å². The molecule has 0 aliphatic rings. The Bertz CT molecular complexity index is 677. The first-order valence-corrected chi connectivity index (χ1v) is 6.24. The second-order valence-electron chi connectivity index (χ2n) is 5.35. The largest absolute Gasteiger partial charge is 0.476 e. The van der Waals surface area contributed by atoms with Crippen LogP contribution in [0.5, 0.6) is 0 Å². The maximum Gasteiger partial charge on any atom is 0.358 e. The summed E-state index contributed by atoms with van der Waals surface area (Å²) in [6.07, 6.45) is 0. The summed E-state index contributed by atoms with van der Waals surface area (Å²) in [6.45, 7) is 5.50. The number of hydrogen-bond donors (Lipinski definition) is 1. The number of aromatic carboxylic acids is 1. The molecular formula is C13H13ClFN3O2. The SMILES string of the molecule is CC(C)(C)c1c(C(=O)O)nnn1-c1ccc(Cl)c(F)c1. The van der Waals surface area contributed by atoms with Crippen LogP contribution in [-0.4, -0.2) is 26.1 Å². The molecule has 1 N–H and O–H groups in total. The smallest absolute Gasteiger partial charge is 0.358 e. The van der Waals surface area contributed by atoms with Crippen molar-refractivity contribution in [3.63, 3.8) is 0 Å². The summed E-state index contributed by atoms with van der Waals surface area (Å²) in [5.74, 6) is -1.77. The Morgan fingerprint density at radius 2 is 2.05 bits per heavy atom. The minimum absolute atomic E-state index is 0.00960. The topological polar surface area (TPSA) is 68.0 Å². The standard InChI is InChI=1S/C13H13ClFN3O2/c1-13(2,3)11-10(12(19)20)16-17-18(11)7-4-5-8(14)9(15)6-7/h4-6H,1-3H3,(H,19,20). The van der Waals surface area contributed by atoms with Crippen LogP contribution in [0.2, 0.25) is 5.02 Å². The number of benzene rings is 1. The van der Waals surface area contributed by atoms with Crippen LogP contribution in [0.1, 0.15) is 37.0 Å². The summed E-state index contributed by atoms with van der Waals surface area (Å²) >= 11 is 5.64. The predicted molar refractivity (Wildman–Crippen MR) is 72.0 cm³/mol. The summed E-state index contributed by atoms with van der Waals surface area (Å²) < 4.78 is 14.9. The van der Waals surface area contributed by atoms with Crippen molar-refractivity contribution in [2.24, 2.45) is 0 Å². The van der Waals surface area contributed by atoms with Crippen molar-refractivity contribution in [1.82, 2.24) is 15.0 Å². The molecule has 0 atom stereocenters. The second-order valence-corrected chi connectivity index (χ2v) is 5.76. The molecule has 0 amide bonds. The number of halogens is 2. The van der Waals surface area contributed by atoms with E-state index in [1.165, 1.54) is 16.8 Å². The van der Waals surface area contributed by atoms with Crippen LogP contribution < -0.4 is 0 Å². The van der Waals surface area contributed by atoms with Gasteiger partial charge in [0.25, 0.3) is 0 Å². The van der Waals surface area contributed by atoms with Crippen molar-refractivity contribution in [2.45, 2.75) is 26.2 Å². The number of carboxylic acids is 1. The Hall–Kier alpha value is -1.95. The summed E-state index contributed by atoms with van der Waals surface area (Å²) in [4.78, 5) is 11.2. The lowest BCUT2D eigenvalue weighted by molar-refractivity contribution is 0.0687. The third-order valence-electron chi connectivity index (χ3n) is 2.73. The van der Waals surface area contributed by atoms with Gasteiger partial charge in [0.2, 0.25) is 0 Å². The lowest BCUT2D eigenvalue weighted by atomic mass is 9.90. The third kappa shape index (κ3) is 2.51. The first-order valence-electron chi connectivity index (χ1n) is 5.86. The van der Waals surface area contributed by atoms with E-state index in [1.54, 1.807) is 6.07 Å². The normalized spacial score (nSPS) is 11.7. The van der Waals surface area contributed by atoms with Crippen LogP contribution >= 0.6 is 11.6 Å². The molecule has 0 unspecified atom stereocenters. The maximum atomic E-state index is 13.5. The van der Waals surface area contributed by atoms with Gasteiger partial charge in [-0.25, -0.2) is 13.9 Å². The first-order chi connectivity index (χ1) is 9.21. The zero-order chi connectivity index (χ0) is 15.1. The van der Waals surface area contributed by atoms with Gasteiger partial charge in [-0.1, -0.05) is 37.6 Å². The molecule has 1 aromatic carbocycles. The average Bonchev–Trinajstić information content (AvgIpc) is 2.77. The Balaban J connectivity index is 2.68. The van der Waals surface area contributed by atoms with Crippen molar-refractivity contribution in [2.75, 3.05) is 0 Å². The van der Waals surface area contributed by atoms with Gasteiger partial charge in [-0.3, -0.25) is 0 Å². The number of aromatic nitrogens is 3. The molecule has 0 spiro atoms. The van der Waals surface area contributed by atoms with Crippen LogP contribution in [0, 0.1) is 5.82 Å². The van der Waals surface area contributed by atoms with E-state index in [1.807, 2.05) is 20.8 Å². The predicted octanol–water partition coefficient (Wildman–Crippen LogP) is 3.06. The van der Waals surface area contributed by atoms with E-state index < -0.39 is 17.2 Å². The third-order valence-corrected chi connectivity index (χ3v) is 3.04. The van der Waals surface area contributed by atoms with Crippen LogP contribution in [-0.2, 0) is 5.41 Å². The van der Waals surface area contributed by atoms with Crippen LogP contribution in [0.3, 0.4) is 0 Å². The van der Waals surface area contributed by atoms with Gasteiger partial charge >= 0.3 is 5.97 Å². The minimum Gasteiger partial charge on any atom is -0.476 e. The second kappa shape index (κ2) is 4.86. The van der Waals surface area contributed by atoms with Crippen LogP contribution in [0.15, 0.2) is 18.2 Å². The van der Waals surface area contributed by atoms with Crippen LogP contribution in [0.25, 0.3) is 5.69 Å². The quantitative estimate of drug-likeness (QED) is 0.925. The zero-order valence-electron chi connectivity index (χ0n) is 11.2. The highest BCUT2D eigenvalue weighted by atomic mass is 35.5. The summed E-state index contributed by atoms with van der Waals surface area (Å²) in [7, 11) is 0. The molecule has 2 rings (SSSR count). The summed E-state index contributed by atoms with van der Waals surface area (Å²) in [6, 6.07) is 4.14. The maximum absolute atomic E-state index is 13.5. The molecule has 0 aliphatic heterocycles. The minimum atomic E-state index is -1.17. The van der Waals surface area contributed by atoms with Gasteiger partial charge in [-0.05, 0) is 12.1 Å². The fraction of sp³-hybridized carbons (Fsp3) is 0.308. The van der Waals surface area contributed by atoms with E-state index in [2.05, 4.69) is 10.3 Å². The van der Waals surface area contributed by atoms with E-state index in [-0.39, 0.29) is 10.7 Å². The Labute approximate surface area is 120 Å². The fourth-order valence-corrected chi connectivity index (χ4v) is 2.01. The zero-order valence-corrected chi connectivity index (χ0v) is 11.9. The first kappa shape index (κ1) is 14.5. The van der Waals surface area contributed by atoms with E-state index in [9.17, 15) is 14.3 Å². The molecule has 1 aromatic heterocycles. The van der Waals surface area contributed by atoms with E-state index >= 15 is 0 Å². The molecule has 20 heavy (non-hydrogen) atoms. The van der Waals surface area contributed by atoms with Gasteiger partial charge in [0.1, 0.15) is 5.82 Å². The molecule has 1 heterocycles. The molecule has 0 saturated carbocycles. The summed E-state index contributed by atoms with van der Waals surface area (Å²) in [5, 5.41) is 16.7. The highest BCUT2D eigenvalue weighted by Gasteiger charge is 2.29. The number of rotatable bonds is 2. The molecule has 106 valence electrons. The monoisotopic (exact) mass is 297 g/mol. The molecule has 2 aromatic rings. The lowest BCUT2D eigenvalue weighted by Crippen LogP contribution is -2.21. The fourth-order valence-electron chi connectivity index (χ4n) is 1.90. The molecule has 0 fully saturated rings. The summed E-state index contributed by atoms with van der Waals surface area (Å²) in [5.41, 5.74) is 0.101. The number of carboxylic acid groups (broad SMARTS) is 1. The Morgan fingerprint density at radius 3 is 2.55 bits per heavy atom. The molecule has 0 saturated heterocycles. The van der Waals surface area contributed by atoms with Crippen LogP contribution in [0.4, 0.5) is 4.39 Å². The highest BCUT2D eigenvalue weighted by molar-refractivity contribution is 6.30. The lowest BCUT2D eigenvalue weighted by Gasteiger charge is -2.20. The number of carbonyl (C=O) groups is 1. The van der Waals surface area contributed by atoms with E-state index in [0.717, 1.165) is 0 Å². The molecule has 0 bridgehead atoms. The van der Waals surface area contributed by atoms with Gasteiger partial charge in [-0.15, -0.1) is 5.10 Å². The molecule has 7 heteroatoms. The Morgan fingerprint density at radius 1 is 1.40 bits per heavy atom. The molecule has 5 nitrogen and oxygen atoms in total. The van der Waals surface area contributed by atoms with Gasteiger partial charge in [0, 0.05) is 11.5 Å². The van der Waals surface area contributed by atoms with Crippen molar-refractivity contribution in [3.05, 3.63) is 40.4 Å². The Kier molecular flexibility index (Phi) is 3.52. The van der Waals surface area contributed by atoms with Crippen molar-refractivity contribution >= 4 is 17.6 Å². The van der Waals surface area contributed by atoms with Crippen molar-refractivity contribution < 1.29 is 14.3 Å². The van der Waals surface area contributed by atoms with Crippen molar-refractivity contribution in [3.8, 4) is 5.69 Å². The van der Waals surface area contributed by atoms with E-state index in [0.29, 0.717) is 11.4 Å². The molecule has 0 radical (unpaired) electrons. The van der Waals surface area contributed by atoms with Gasteiger partial charge < -0.3 is 5.11 Å². The number of hydrogen-bond acceptors (Lipinski definition) is 3. The molecular weight excluding hydrogens is 285 g/mol. The highest BCUT2D eigenvalue weighted by Crippen LogP contribution is 2.28. The van der Waals surface area contributed by atoms with Gasteiger partial charge in [-0.2, -0.15) is 0 Å². The van der Waals surface area contributed by atoms with Gasteiger partial charge in [0.15, 0.2) is 5.69 Å². The van der Waals surface area contributed by atoms with Crippen molar-refractivity contribution in [1.29, 1.82) is 0 Å². The average molecular weight is 298 g/mol. The van der Waals surface area contributed by atoms with E-state index in [4.69, 9.17) is 11.6 Å². The molecule has 0 aliphatic carbocycles. The number of nitrogens with zero attached hydrogens (tertiary/aromatic N) is 3.